The lowest BCUT2D eigenvalue weighted by atomic mass is 9.57. The lowest BCUT2D eigenvalue weighted by Crippen LogP contribution is -2.69. The van der Waals surface area contributed by atoms with Crippen molar-refractivity contribution < 1.29 is 77.6 Å². The van der Waals surface area contributed by atoms with Gasteiger partial charge in [-0.2, -0.15) is 0 Å². The van der Waals surface area contributed by atoms with Gasteiger partial charge >= 0.3 is 0 Å². The number of hydrogen-bond acceptors (Lipinski definition) is 16. The number of carbonyl (C=O) groups excluding carboxylic acids is 5. The zero-order valence-electron chi connectivity index (χ0n) is 33.2. The maximum absolute atomic E-state index is 14.3. The van der Waals surface area contributed by atoms with Gasteiger partial charge in [0.05, 0.1) is 47.3 Å². The van der Waals surface area contributed by atoms with Gasteiger partial charge in [0, 0.05) is 42.4 Å². The zero-order valence-corrected chi connectivity index (χ0v) is 33.2. The number of carbonyl (C=O) groups is 5. The molecule has 1 saturated carbocycles. The molecule has 0 unspecified atom stereocenters. The quantitative estimate of drug-likeness (QED) is 0.310. The summed E-state index contributed by atoms with van der Waals surface area (Å²) in [5.41, 5.74) is -8.06. The van der Waals surface area contributed by atoms with Crippen molar-refractivity contribution in [2.24, 2.45) is 0 Å². The second kappa shape index (κ2) is 15.1. The van der Waals surface area contributed by atoms with Gasteiger partial charge in [-0.05, 0) is 77.5 Å². The summed E-state index contributed by atoms with van der Waals surface area (Å²) in [6, 6.07) is 2.66. The summed E-state index contributed by atoms with van der Waals surface area (Å²) in [4.78, 5) is 66.2. The Kier molecular flexibility index (Phi) is 10.7. The van der Waals surface area contributed by atoms with E-state index >= 15 is 0 Å². The molecular formula is C43H48O16. The van der Waals surface area contributed by atoms with Crippen LogP contribution in [0.25, 0.3) is 0 Å². The molecule has 16 heteroatoms. The number of ether oxygens (including phenoxy) is 7. The maximum Gasteiger partial charge on any atom is 0.198 e. The molecule has 0 radical (unpaired) electrons. The van der Waals surface area contributed by atoms with E-state index in [9.17, 15) is 44.4 Å². The molecule has 8 rings (SSSR count). The van der Waals surface area contributed by atoms with Gasteiger partial charge in [-0.1, -0.05) is 12.1 Å². The molecule has 3 fully saturated rings. The van der Waals surface area contributed by atoms with Crippen LogP contribution in [0.4, 0.5) is 0 Å². The molecule has 0 spiro atoms. The van der Waals surface area contributed by atoms with Gasteiger partial charge in [0.25, 0.3) is 0 Å². The number of aromatic hydroxyl groups is 1. The number of hydrogen-bond donors (Lipinski definition) is 4. The maximum atomic E-state index is 14.3. The minimum atomic E-state index is -2.83. The highest BCUT2D eigenvalue weighted by Crippen LogP contribution is 2.53. The van der Waals surface area contributed by atoms with Crippen molar-refractivity contribution in [3.63, 3.8) is 0 Å². The summed E-state index contributed by atoms with van der Waals surface area (Å²) in [6.07, 6.45) is -0.317. The second-order valence-corrected chi connectivity index (χ2v) is 16.8. The van der Waals surface area contributed by atoms with Gasteiger partial charge in [0.2, 0.25) is 0 Å². The fraction of sp³-hybridized carbons (Fsp3) is 0.558. The molecule has 7 aliphatic rings. The first kappa shape index (κ1) is 41.7. The van der Waals surface area contributed by atoms with E-state index in [1.54, 1.807) is 40.7 Å². The summed E-state index contributed by atoms with van der Waals surface area (Å²) >= 11 is 0. The first-order chi connectivity index (χ1) is 27.8. The lowest BCUT2D eigenvalue weighted by molar-refractivity contribution is -0.290. The number of fused-ring (bicyclic) bond motifs is 3. The van der Waals surface area contributed by atoms with Crippen molar-refractivity contribution in [3.8, 4) is 5.75 Å². The minimum absolute atomic E-state index is 0.0704. The van der Waals surface area contributed by atoms with Crippen molar-refractivity contribution in [2.75, 3.05) is 0 Å². The Morgan fingerprint density at radius 3 is 2.08 bits per heavy atom. The third kappa shape index (κ3) is 7.12. The standard InChI is InChI=1S/C43H48O16/c1-19-26(44)8-11-32(54-19)57-29-10-13-34(56-21(29)3)59-41(5)17-31(47)43(52)36-25(14-15-42(43,51)18-41)38(49)35-24(39(36)50)7-6-23(37(35)48)30-16-28(46)40(22(4)53-30)58-33-12-9-27(45)20(2)55-33/h6-9,11-12,14-15,19-22,28-30,32-34,40,46,48,51-52H,10,13,16-18H2,1-5H3/t19-,20+,21-,22+,28+,29-,30+,32-,33-,34-,40+,41-,42-,43-/m0/s1. The van der Waals surface area contributed by atoms with Crippen LogP contribution in [-0.2, 0) is 47.5 Å². The number of rotatable bonds is 7. The normalized spacial score (nSPS) is 42.2. The lowest BCUT2D eigenvalue weighted by Gasteiger charge is -2.53. The van der Waals surface area contributed by atoms with E-state index in [4.69, 9.17) is 33.2 Å². The predicted octanol–water partition coefficient (Wildman–Crippen LogP) is 2.48. The Morgan fingerprint density at radius 1 is 0.797 bits per heavy atom. The molecule has 0 bridgehead atoms. The molecule has 2 saturated heterocycles. The molecule has 14 atom stereocenters. The van der Waals surface area contributed by atoms with Crippen molar-refractivity contribution in [3.05, 3.63) is 76.4 Å². The molecule has 4 N–H and O–H groups in total. The van der Waals surface area contributed by atoms with E-state index in [2.05, 4.69) is 0 Å². The summed E-state index contributed by atoms with van der Waals surface area (Å²) in [5, 5.41) is 47.0. The number of Topliss-reactive ketones (excluding diaryl/α,β-unsaturated/α-hetero) is 3. The molecule has 59 heavy (non-hydrogen) atoms. The molecule has 316 valence electrons. The number of phenols is 1. The van der Waals surface area contributed by atoms with Crippen LogP contribution >= 0.6 is 0 Å². The third-order valence-electron chi connectivity index (χ3n) is 12.4. The Bertz CT molecular complexity index is 2090. The van der Waals surface area contributed by atoms with Crippen LogP contribution in [0.2, 0.25) is 0 Å². The van der Waals surface area contributed by atoms with Gasteiger partial charge in [-0.15, -0.1) is 0 Å². The highest BCUT2D eigenvalue weighted by atomic mass is 16.7. The highest BCUT2D eigenvalue weighted by molar-refractivity contribution is 6.32. The smallest absolute Gasteiger partial charge is 0.198 e. The molecule has 3 aliphatic carbocycles. The van der Waals surface area contributed by atoms with Gasteiger partial charge in [0.15, 0.2) is 53.4 Å². The van der Waals surface area contributed by atoms with Crippen LogP contribution in [0.3, 0.4) is 0 Å². The summed E-state index contributed by atoms with van der Waals surface area (Å²) in [6.45, 7) is 8.27. The van der Waals surface area contributed by atoms with E-state index in [1.165, 1.54) is 36.4 Å². The summed E-state index contributed by atoms with van der Waals surface area (Å²) in [5.74, 6) is -3.67. The van der Waals surface area contributed by atoms with Crippen LogP contribution in [-0.4, -0.2) is 128 Å². The van der Waals surface area contributed by atoms with E-state index in [0.717, 1.165) is 6.08 Å². The number of aliphatic hydroxyl groups excluding tert-OH is 1. The largest absolute Gasteiger partial charge is 0.507 e. The molecule has 0 aromatic heterocycles. The van der Waals surface area contributed by atoms with Crippen molar-refractivity contribution in [1.29, 1.82) is 0 Å². The molecule has 4 aliphatic heterocycles. The summed E-state index contributed by atoms with van der Waals surface area (Å²) in [7, 11) is 0. The fourth-order valence-electron chi connectivity index (χ4n) is 9.32. The van der Waals surface area contributed by atoms with Gasteiger partial charge in [0.1, 0.15) is 29.7 Å². The molecule has 0 amide bonds. The molecule has 4 heterocycles. The van der Waals surface area contributed by atoms with Crippen LogP contribution in [0.1, 0.15) is 99.1 Å². The van der Waals surface area contributed by atoms with Crippen LogP contribution in [0, 0.1) is 0 Å². The molecular weight excluding hydrogens is 772 g/mol. The van der Waals surface area contributed by atoms with Crippen molar-refractivity contribution >= 4 is 28.9 Å². The Hall–Kier alpha value is -4.07. The monoisotopic (exact) mass is 820 g/mol. The number of benzene rings is 1. The van der Waals surface area contributed by atoms with Crippen molar-refractivity contribution in [1.82, 2.24) is 0 Å². The number of aliphatic hydroxyl groups is 3. The SMILES string of the molecule is C[C@@H]1O[C@@H](O[C@H]2CC[C@H](O[C@@]3(C)CC(=O)[C@]4(O)C5=C(C=C[C@]4(O)C3)C(=O)c3c(ccc([C@H]4C[C@@H](O)[C@H](O[C@H]6C=CC(=O)[C@@H](C)O6)[C@@H](C)O4)c3O)C5=O)O[C@H]2C)C=CC1=O. The first-order valence-corrected chi connectivity index (χ1v) is 19.9. The zero-order chi connectivity index (χ0) is 42.3. The minimum Gasteiger partial charge on any atom is -0.507 e. The third-order valence-corrected chi connectivity index (χ3v) is 12.4. The first-order valence-electron chi connectivity index (χ1n) is 19.9. The van der Waals surface area contributed by atoms with Crippen molar-refractivity contribution in [2.45, 2.75) is 151 Å². The Balaban J connectivity index is 0.969. The van der Waals surface area contributed by atoms with E-state index in [-0.39, 0.29) is 46.7 Å². The average Bonchev–Trinajstić information content (AvgIpc) is 3.16. The highest BCUT2D eigenvalue weighted by Gasteiger charge is 2.67. The van der Waals surface area contributed by atoms with Crippen LogP contribution in [0.5, 0.6) is 5.75 Å². The molecule has 1 aromatic rings. The Morgan fingerprint density at radius 2 is 1.46 bits per heavy atom. The fourth-order valence-corrected chi connectivity index (χ4v) is 9.32. The van der Waals surface area contributed by atoms with E-state index < -0.39 is 120 Å². The molecule has 1 aromatic carbocycles. The van der Waals surface area contributed by atoms with E-state index in [1.807, 2.05) is 0 Å². The topological polar surface area (TPSA) is 231 Å². The number of phenolic OH excluding ortho intramolecular Hbond substituents is 1. The average molecular weight is 821 g/mol. The van der Waals surface area contributed by atoms with Gasteiger partial charge in [-0.25, -0.2) is 0 Å². The van der Waals surface area contributed by atoms with Gasteiger partial charge < -0.3 is 53.6 Å². The van der Waals surface area contributed by atoms with Crippen LogP contribution < -0.4 is 0 Å². The second-order valence-electron chi connectivity index (χ2n) is 16.8. The molecule has 16 nitrogen and oxygen atoms in total. The van der Waals surface area contributed by atoms with Crippen LogP contribution in [0.15, 0.2) is 59.7 Å². The van der Waals surface area contributed by atoms with E-state index in [0.29, 0.717) is 12.8 Å². The summed E-state index contributed by atoms with van der Waals surface area (Å²) < 4.78 is 41.7. The number of ketones is 5. The number of allylic oxidation sites excluding steroid dienone is 2. The Labute approximate surface area is 339 Å². The predicted molar refractivity (Wildman–Crippen MR) is 201 cm³/mol. The van der Waals surface area contributed by atoms with Gasteiger partial charge in [-0.3, -0.25) is 24.0 Å².